The minimum Gasteiger partial charge on any atom is -0.507 e. The molecule has 1 saturated carbocycles. The highest BCUT2D eigenvalue weighted by Crippen LogP contribution is 2.58. The van der Waals surface area contributed by atoms with E-state index in [-0.39, 0.29) is 53.2 Å². The summed E-state index contributed by atoms with van der Waals surface area (Å²) in [6.07, 6.45) is 0.624. The first-order valence-corrected chi connectivity index (χ1v) is 20.2. The largest absolute Gasteiger partial charge is 0.507 e. The van der Waals surface area contributed by atoms with Gasteiger partial charge in [-0.3, -0.25) is 9.59 Å². The summed E-state index contributed by atoms with van der Waals surface area (Å²) in [6.45, 7) is 10.5. The summed E-state index contributed by atoms with van der Waals surface area (Å²) in [5.41, 5.74) is 7.98. The zero-order valence-electron chi connectivity index (χ0n) is 29.8. The molecular formula is C40H44N2O8Si. The van der Waals surface area contributed by atoms with Crippen molar-refractivity contribution in [2.75, 3.05) is 7.11 Å². The quantitative estimate of drug-likeness (QED) is 0.132. The minimum atomic E-state index is -2.88. The van der Waals surface area contributed by atoms with Crippen molar-refractivity contribution in [1.82, 2.24) is 5.16 Å². The lowest BCUT2D eigenvalue weighted by Crippen LogP contribution is -2.68. The van der Waals surface area contributed by atoms with Crippen molar-refractivity contribution >= 4 is 25.6 Å². The summed E-state index contributed by atoms with van der Waals surface area (Å²) in [5.74, 6) is -1.67. The number of benzene rings is 3. The highest BCUT2D eigenvalue weighted by atomic mass is 28.4. The number of carbonyl (C=O) groups excluding carboxylic acids is 2. The summed E-state index contributed by atoms with van der Waals surface area (Å²) in [6, 6.07) is 21.8. The maximum atomic E-state index is 15.4. The number of aliphatic hydroxyl groups is 1. The number of fused-ring (bicyclic) bond motifs is 4. The van der Waals surface area contributed by atoms with E-state index in [4.69, 9.17) is 28.9 Å². The molecule has 4 aromatic rings. The van der Waals surface area contributed by atoms with Crippen LogP contribution >= 0.6 is 0 Å². The fourth-order valence-corrected chi connectivity index (χ4v) is 8.89. The van der Waals surface area contributed by atoms with Crippen LogP contribution in [0.4, 0.5) is 0 Å². The van der Waals surface area contributed by atoms with Gasteiger partial charge >= 0.3 is 0 Å². The molecular weight excluding hydrogens is 665 g/mol. The molecule has 3 N–H and O–H groups in total. The molecule has 3 aliphatic carbocycles. The fraction of sp³-hybridized carbons (Fsp3) is 0.375. The van der Waals surface area contributed by atoms with E-state index in [1.165, 1.54) is 0 Å². The van der Waals surface area contributed by atoms with Gasteiger partial charge in [-0.1, -0.05) is 81.4 Å². The van der Waals surface area contributed by atoms with E-state index >= 15 is 9.59 Å². The second-order valence-electron chi connectivity index (χ2n) is 15.2. The standard InChI is InChI=1S/C40H44N2O8Si/c1-39(2,3)51(5,6)50-40-27(33(41)35-32(37(40)45)38(42-49-35)48-22-24-15-11-8-12-16-24)20-25-19-26-28(46-4)17-18-29(31(26)34(43)30(25)36(40)44)47-21-23-13-9-7-10-14-23/h7-18,25,27,33,43H,19-22,41H2,1-6H3/t25-,27-,33-,40-/m0/s1. The van der Waals surface area contributed by atoms with E-state index in [0.29, 0.717) is 29.0 Å². The van der Waals surface area contributed by atoms with Crippen LogP contribution in [0.5, 0.6) is 17.4 Å². The Labute approximate surface area is 298 Å². The van der Waals surface area contributed by atoms with E-state index in [1.807, 2.05) is 94.5 Å². The first-order valence-electron chi connectivity index (χ1n) is 17.3. The molecule has 4 atom stereocenters. The monoisotopic (exact) mass is 708 g/mol. The molecule has 0 unspecified atom stereocenters. The number of ether oxygens (including phenoxy) is 3. The Morgan fingerprint density at radius 2 is 1.51 bits per heavy atom. The smallest absolute Gasteiger partial charge is 0.265 e. The van der Waals surface area contributed by atoms with E-state index in [2.05, 4.69) is 5.16 Å². The summed E-state index contributed by atoms with van der Waals surface area (Å²) in [4.78, 5) is 30.6. The normalized spacial score (nSPS) is 22.8. The van der Waals surface area contributed by atoms with Crippen molar-refractivity contribution in [3.8, 4) is 17.4 Å². The SMILES string of the molecule is COc1ccc(OCc2ccccc2)c2c1C[C@H]1C[C@H]3[C@H](N)c4onc(OCc5ccccc5)c4C(=O)[C@@]3(O[Si](C)(C)C(C)(C)C)C(=O)C1=C2O. The van der Waals surface area contributed by atoms with Crippen molar-refractivity contribution in [3.05, 3.63) is 112 Å². The third-order valence-electron chi connectivity index (χ3n) is 11.1. The van der Waals surface area contributed by atoms with Crippen molar-refractivity contribution in [3.63, 3.8) is 0 Å². The minimum absolute atomic E-state index is 0.00467. The Balaban J connectivity index is 1.37. The summed E-state index contributed by atoms with van der Waals surface area (Å²) >= 11 is 0. The van der Waals surface area contributed by atoms with E-state index in [0.717, 1.165) is 11.1 Å². The molecule has 3 aliphatic rings. The Bertz CT molecular complexity index is 2020. The Hall–Kier alpha value is -4.71. The van der Waals surface area contributed by atoms with E-state index < -0.39 is 43.4 Å². The number of aliphatic hydroxyl groups excluding tert-OH is 1. The number of hydrogen-bond acceptors (Lipinski definition) is 10. The maximum Gasteiger partial charge on any atom is 0.265 e. The lowest BCUT2D eigenvalue weighted by molar-refractivity contribution is -0.138. The number of nitrogens with two attached hydrogens (primary N) is 1. The summed E-state index contributed by atoms with van der Waals surface area (Å²) in [7, 11) is -1.31. The number of methoxy groups -OCH3 is 1. The maximum absolute atomic E-state index is 15.4. The Kier molecular flexibility index (Phi) is 8.72. The van der Waals surface area contributed by atoms with Crippen LogP contribution in [0, 0.1) is 11.8 Å². The van der Waals surface area contributed by atoms with Gasteiger partial charge in [0.05, 0.1) is 18.7 Å². The first kappa shape index (κ1) is 34.7. The first-order chi connectivity index (χ1) is 24.3. The molecule has 10 nitrogen and oxygen atoms in total. The van der Waals surface area contributed by atoms with Crippen LogP contribution in [0.3, 0.4) is 0 Å². The molecule has 7 rings (SSSR count). The molecule has 51 heavy (non-hydrogen) atoms. The molecule has 1 heterocycles. The van der Waals surface area contributed by atoms with Gasteiger partial charge in [0.25, 0.3) is 5.88 Å². The van der Waals surface area contributed by atoms with Crippen molar-refractivity contribution < 1.29 is 37.9 Å². The lowest BCUT2D eigenvalue weighted by atomic mass is 9.57. The van der Waals surface area contributed by atoms with Crippen LogP contribution in [0.2, 0.25) is 18.1 Å². The van der Waals surface area contributed by atoms with Crippen LogP contribution in [0.15, 0.2) is 82.9 Å². The molecule has 266 valence electrons. The number of hydrogen-bond donors (Lipinski definition) is 2. The summed E-state index contributed by atoms with van der Waals surface area (Å²) < 4.78 is 30.9. The number of carbonyl (C=O) groups is 2. The second-order valence-corrected chi connectivity index (χ2v) is 19.9. The van der Waals surface area contributed by atoms with Gasteiger partial charge in [-0.05, 0) is 65.3 Å². The van der Waals surface area contributed by atoms with E-state index in [1.54, 1.807) is 19.2 Å². The Morgan fingerprint density at radius 3 is 2.12 bits per heavy atom. The van der Waals surface area contributed by atoms with Crippen LogP contribution in [-0.2, 0) is 28.9 Å². The molecule has 1 fully saturated rings. The zero-order valence-corrected chi connectivity index (χ0v) is 30.8. The average molecular weight is 709 g/mol. The molecule has 1 aromatic heterocycles. The molecule has 0 saturated heterocycles. The molecule has 0 amide bonds. The number of aromatic nitrogens is 1. The third-order valence-corrected chi connectivity index (χ3v) is 15.6. The number of rotatable bonds is 9. The molecule has 0 bridgehead atoms. The van der Waals surface area contributed by atoms with Gasteiger partial charge in [-0.2, -0.15) is 0 Å². The van der Waals surface area contributed by atoms with Crippen molar-refractivity contribution in [2.45, 2.75) is 76.6 Å². The molecule has 11 heteroatoms. The number of nitrogens with zero attached hydrogens (tertiary/aromatic N) is 1. The van der Waals surface area contributed by atoms with Gasteiger partial charge in [0, 0.05) is 17.1 Å². The molecule has 3 aromatic carbocycles. The van der Waals surface area contributed by atoms with Crippen LogP contribution in [0.1, 0.15) is 71.6 Å². The van der Waals surface area contributed by atoms with Crippen LogP contribution < -0.4 is 19.9 Å². The number of ketones is 2. The van der Waals surface area contributed by atoms with Gasteiger partial charge in [-0.15, -0.1) is 0 Å². The predicted octanol–water partition coefficient (Wildman–Crippen LogP) is 7.53. The molecule has 0 aliphatic heterocycles. The van der Waals surface area contributed by atoms with Crippen LogP contribution in [0.25, 0.3) is 5.76 Å². The predicted molar refractivity (Wildman–Crippen MR) is 193 cm³/mol. The molecule has 0 radical (unpaired) electrons. The van der Waals surface area contributed by atoms with Crippen molar-refractivity contribution in [2.24, 2.45) is 17.6 Å². The fourth-order valence-electron chi connectivity index (χ4n) is 7.44. The van der Waals surface area contributed by atoms with Crippen molar-refractivity contribution in [1.29, 1.82) is 0 Å². The highest BCUT2D eigenvalue weighted by molar-refractivity contribution is 6.74. The van der Waals surface area contributed by atoms with Gasteiger partial charge in [0.1, 0.15) is 36.0 Å². The topological polar surface area (TPSA) is 143 Å². The Morgan fingerprint density at radius 1 is 0.902 bits per heavy atom. The number of Topliss-reactive ketones (excluding diaryl/α,β-unsaturated/α-hetero) is 2. The van der Waals surface area contributed by atoms with Gasteiger partial charge in [-0.25, -0.2) is 0 Å². The van der Waals surface area contributed by atoms with Gasteiger partial charge < -0.3 is 34.0 Å². The van der Waals surface area contributed by atoms with Gasteiger partial charge in [0.2, 0.25) is 11.6 Å². The highest BCUT2D eigenvalue weighted by Gasteiger charge is 2.68. The lowest BCUT2D eigenvalue weighted by Gasteiger charge is -2.53. The third kappa shape index (κ3) is 5.67. The van der Waals surface area contributed by atoms with E-state index in [9.17, 15) is 5.11 Å². The van der Waals surface area contributed by atoms with Gasteiger partial charge in [0.15, 0.2) is 19.7 Å². The average Bonchev–Trinajstić information content (AvgIpc) is 3.54. The second kappa shape index (κ2) is 12.8. The molecule has 0 spiro atoms. The summed E-state index contributed by atoms with van der Waals surface area (Å²) in [5, 5.41) is 16.0. The zero-order chi connectivity index (χ0) is 36.3. The van der Waals surface area contributed by atoms with Crippen LogP contribution in [-0.4, -0.2) is 42.9 Å².